The van der Waals surface area contributed by atoms with Gasteiger partial charge in [0.15, 0.2) is 0 Å². The van der Waals surface area contributed by atoms with E-state index in [4.69, 9.17) is 16.3 Å². The number of carbonyl (C=O) groups is 2. The number of urea groups is 1. The minimum Gasteiger partial charge on any atom is -0.457 e. The molecule has 2 aromatic carbocycles. The normalized spacial score (nSPS) is 10.8. The highest BCUT2D eigenvalue weighted by molar-refractivity contribution is 7.92. The number of hydrogen-bond acceptors (Lipinski definition) is 7. The van der Waals surface area contributed by atoms with Crippen molar-refractivity contribution in [3.05, 3.63) is 70.5 Å². The lowest BCUT2D eigenvalue weighted by Gasteiger charge is -2.16. The zero-order valence-corrected chi connectivity index (χ0v) is 21.5. The van der Waals surface area contributed by atoms with Crippen molar-refractivity contribution in [2.75, 3.05) is 28.8 Å². The van der Waals surface area contributed by atoms with Gasteiger partial charge >= 0.3 is 6.03 Å². The van der Waals surface area contributed by atoms with Crippen molar-refractivity contribution in [1.29, 1.82) is 0 Å². The Hall–Kier alpha value is -4.03. The maximum Gasteiger partial charge on any atom is 0.337 e. The Morgan fingerprint density at radius 1 is 0.944 bits per heavy atom. The fraction of sp³-hybridized carbons (Fsp3) is 0.174. The fourth-order valence-corrected chi connectivity index (χ4v) is 3.74. The fourth-order valence-electron chi connectivity index (χ4n) is 3.01. The number of aryl methyl sites for hydroxylation is 2. The number of anilines is 3. The van der Waals surface area contributed by atoms with Crippen molar-refractivity contribution in [2.45, 2.75) is 13.8 Å². The van der Waals surface area contributed by atoms with Gasteiger partial charge < -0.3 is 15.4 Å². The average molecular weight is 533 g/mol. The Kier molecular flexibility index (Phi) is 8.22. The van der Waals surface area contributed by atoms with E-state index in [0.29, 0.717) is 27.8 Å². The predicted octanol–water partition coefficient (Wildman–Crippen LogP) is 4.02. The molecule has 0 saturated heterocycles. The third-order valence-corrected chi connectivity index (χ3v) is 5.79. The second-order valence-corrected chi connectivity index (χ2v) is 9.92. The molecule has 13 heteroatoms. The highest BCUT2D eigenvalue weighted by Crippen LogP contribution is 2.30. The highest BCUT2D eigenvalue weighted by atomic mass is 35.5. The Balaban J connectivity index is 1.71. The minimum absolute atomic E-state index is 0.175. The van der Waals surface area contributed by atoms with Crippen LogP contribution in [0.2, 0.25) is 5.02 Å². The number of halogens is 1. The van der Waals surface area contributed by atoms with Gasteiger partial charge in [-0.15, -0.1) is 0 Å². The molecule has 3 amide bonds. The first-order chi connectivity index (χ1) is 16.9. The van der Waals surface area contributed by atoms with Crippen LogP contribution in [0.3, 0.4) is 0 Å². The van der Waals surface area contributed by atoms with E-state index >= 15 is 0 Å². The number of carbonyl (C=O) groups excluding carboxylic acids is 2. The van der Waals surface area contributed by atoms with E-state index in [1.165, 1.54) is 31.4 Å². The molecule has 0 bridgehead atoms. The number of amides is 3. The van der Waals surface area contributed by atoms with Gasteiger partial charge in [-0.25, -0.2) is 13.2 Å². The number of hydrazine groups is 1. The van der Waals surface area contributed by atoms with E-state index in [-0.39, 0.29) is 23.0 Å². The second kappa shape index (κ2) is 11.1. The number of nitrogens with one attached hydrogen (secondary N) is 5. The topological polar surface area (TPSA) is 151 Å². The summed E-state index contributed by atoms with van der Waals surface area (Å²) in [5.41, 5.74) is 7.84. The van der Waals surface area contributed by atoms with Crippen molar-refractivity contribution in [3.63, 3.8) is 0 Å². The third kappa shape index (κ3) is 7.23. The molecule has 36 heavy (non-hydrogen) atoms. The summed E-state index contributed by atoms with van der Waals surface area (Å²) in [4.78, 5) is 28.3. The number of sulfonamides is 1. The van der Waals surface area contributed by atoms with E-state index < -0.39 is 16.1 Å². The number of aromatic nitrogens is 1. The van der Waals surface area contributed by atoms with Crippen LogP contribution in [-0.2, 0) is 10.0 Å². The summed E-state index contributed by atoms with van der Waals surface area (Å²) in [6, 6.07) is 10.6. The van der Waals surface area contributed by atoms with Gasteiger partial charge in [-0.2, -0.15) is 0 Å². The van der Waals surface area contributed by atoms with E-state index in [1.54, 1.807) is 31.2 Å². The minimum atomic E-state index is -3.59. The number of rotatable bonds is 8. The van der Waals surface area contributed by atoms with Gasteiger partial charge in [-0.1, -0.05) is 17.7 Å². The molecule has 0 radical (unpaired) electrons. The Morgan fingerprint density at radius 2 is 1.67 bits per heavy atom. The van der Waals surface area contributed by atoms with Crippen molar-refractivity contribution >= 4 is 50.6 Å². The van der Waals surface area contributed by atoms with Crippen LogP contribution >= 0.6 is 11.6 Å². The summed E-state index contributed by atoms with van der Waals surface area (Å²) in [5, 5.41) is 5.42. The van der Waals surface area contributed by atoms with E-state index in [9.17, 15) is 18.0 Å². The summed E-state index contributed by atoms with van der Waals surface area (Å²) in [7, 11) is -2.08. The van der Waals surface area contributed by atoms with Crippen LogP contribution in [0.15, 0.2) is 48.7 Å². The van der Waals surface area contributed by atoms with Crippen LogP contribution in [0.25, 0.3) is 0 Å². The lowest BCUT2D eigenvalue weighted by atomic mass is 10.2. The molecule has 1 heterocycles. The summed E-state index contributed by atoms with van der Waals surface area (Å²) in [6.45, 7) is 3.54. The molecule has 0 spiro atoms. The summed E-state index contributed by atoms with van der Waals surface area (Å²) < 4.78 is 31.6. The van der Waals surface area contributed by atoms with Crippen molar-refractivity contribution < 1.29 is 22.7 Å². The number of pyridine rings is 1. The molecule has 190 valence electrons. The molecule has 11 nitrogen and oxygen atoms in total. The molecule has 0 saturated carbocycles. The Morgan fingerprint density at radius 3 is 2.36 bits per heavy atom. The Bertz CT molecular complexity index is 1410. The molecule has 3 aromatic rings. The molecule has 3 rings (SSSR count). The van der Waals surface area contributed by atoms with Crippen molar-refractivity contribution in [2.24, 2.45) is 0 Å². The largest absolute Gasteiger partial charge is 0.457 e. The quantitative estimate of drug-likeness (QED) is 0.275. The number of benzene rings is 2. The van der Waals surface area contributed by atoms with Crippen LogP contribution in [0.5, 0.6) is 11.5 Å². The van der Waals surface area contributed by atoms with Crippen LogP contribution in [-0.4, -0.2) is 38.6 Å². The zero-order valence-electron chi connectivity index (χ0n) is 19.9. The van der Waals surface area contributed by atoms with Crippen molar-refractivity contribution in [1.82, 2.24) is 15.7 Å². The van der Waals surface area contributed by atoms with E-state index in [0.717, 1.165) is 11.8 Å². The molecular formula is C23H25ClN6O5S. The first-order valence-electron chi connectivity index (χ1n) is 10.5. The Labute approximate surface area is 213 Å². The summed E-state index contributed by atoms with van der Waals surface area (Å²) in [6.07, 6.45) is 2.47. The van der Waals surface area contributed by atoms with Gasteiger partial charge in [0.2, 0.25) is 10.0 Å². The maximum atomic E-state index is 12.5. The maximum absolute atomic E-state index is 12.5. The lowest BCUT2D eigenvalue weighted by Crippen LogP contribution is -2.34. The smallest absolute Gasteiger partial charge is 0.337 e. The molecule has 0 aliphatic rings. The van der Waals surface area contributed by atoms with Gasteiger partial charge in [-0.3, -0.25) is 25.4 Å². The van der Waals surface area contributed by atoms with E-state index in [1.807, 2.05) is 6.92 Å². The molecule has 0 aliphatic heterocycles. The molecule has 0 unspecified atom stereocenters. The molecule has 0 atom stereocenters. The SMILES string of the molecule is CNC(=O)c1cc(Oc2ccc(C)c(NNC(=O)Nc3cc(Cl)c(C)cc3NS(C)(=O)=O)c2)ccn1. The van der Waals surface area contributed by atoms with Gasteiger partial charge in [-0.05, 0) is 49.2 Å². The van der Waals surface area contributed by atoms with Crippen molar-refractivity contribution in [3.8, 4) is 11.5 Å². The number of hydrogen-bond donors (Lipinski definition) is 5. The molecule has 0 aliphatic carbocycles. The first-order valence-corrected chi connectivity index (χ1v) is 12.8. The number of nitrogens with zero attached hydrogens (tertiary/aromatic N) is 1. The lowest BCUT2D eigenvalue weighted by molar-refractivity contribution is 0.0957. The van der Waals surface area contributed by atoms with Crippen LogP contribution < -0.4 is 30.9 Å². The van der Waals surface area contributed by atoms with Crippen LogP contribution in [0.4, 0.5) is 21.9 Å². The first kappa shape index (κ1) is 26.6. The predicted molar refractivity (Wildman–Crippen MR) is 139 cm³/mol. The van der Waals surface area contributed by atoms with Gasteiger partial charge in [0.25, 0.3) is 5.91 Å². The molecule has 0 fully saturated rings. The summed E-state index contributed by atoms with van der Waals surface area (Å²) >= 11 is 6.15. The highest BCUT2D eigenvalue weighted by Gasteiger charge is 2.14. The molecular weight excluding hydrogens is 508 g/mol. The molecule has 5 N–H and O–H groups in total. The monoisotopic (exact) mass is 532 g/mol. The third-order valence-electron chi connectivity index (χ3n) is 4.79. The number of ether oxygens (including phenoxy) is 1. The van der Waals surface area contributed by atoms with Crippen LogP contribution in [0, 0.1) is 13.8 Å². The summed E-state index contributed by atoms with van der Waals surface area (Å²) in [5.74, 6) is 0.516. The van der Waals surface area contributed by atoms with E-state index in [2.05, 4.69) is 31.2 Å². The van der Waals surface area contributed by atoms with Gasteiger partial charge in [0.05, 0.1) is 23.3 Å². The van der Waals surface area contributed by atoms with Gasteiger partial charge in [0, 0.05) is 30.4 Å². The molecule has 1 aromatic heterocycles. The van der Waals surface area contributed by atoms with Gasteiger partial charge in [0.1, 0.15) is 17.2 Å². The average Bonchev–Trinajstić information content (AvgIpc) is 2.81. The van der Waals surface area contributed by atoms with Crippen LogP contribution in [0.1, 0.15) is 21.6 Å². The second-order valence-electron chi connectivity index (χ2n) is 7.76. The zero-order chi connectivity index (χ0) is 26.5. The standard InChI is InChI=1S/C23H25ClN6O5S/c1-13-5-6-15(35-16-7-8-26-21(11-16)22(31)25-3)10-18(13)28-29-23(32)27-19-12-17(24)14(2)9-20(19)30-36(4,33)34/h5-12,28,30H,1-4H3,(H,25,31)(H2,27,29,32).